The van der Waals surface area contributed by atoms with Gasteiger partial charge in [-0.15, -0.1) is 0 Å². The Hall–Kier alpha value is -0.830. The van der Waals surface area contributed by atoms with Gasteiger partial charge in [-0.25, -0.2) is 0 Å². The van der Waals surface area contributed by atoms with Crippen LogP contribution in [0.25, 0.3) is 0 Å². The van der Waals surface area contributed by atoms with Crippen LogP contribution < -0.4 is 5.32 Å². The van der Waals surface area contributed by atoms with Crippen LogP contribution >= 0.6 is 0 Å². The van der Waals surface area contributed by atoms with Crippen LogP contribution in [0.3, 0.4) is 0 Å². The molecule has 15 heavy (non-hydrogen) atoms. The van der Waals surface area contributed by atoms with Crippen molar-refractivity contribution in [1.82, 2.24) is 5.32 Å². The smallest absolute Gasteiger partial charge is 0.222 e. The van der Waals surface area contributed by atoms with Gasteiger partial charge in [-0.3, -0.25) is 4.79 Å². The maximum Gasteiger partial charge on any atom is 0.222 e. The first-order valence-electron chi connectivity index (χ1n) is 5.82. The topological polar surface area (TPSA) is 38.3 Å². The van der Waals surface area contributed by atoms with E-state index in [0.29, 0.717) is 13.0 Å². The van der Waals surface area contributed by atoms with Crippen LogP contribution in [0.4, 0.5) is 0 Å². The van der Waals surface area contributed by atoms with Crippen molar-refractivity contribution in [3.63, 3.8) is 0 Å². The second-order valence-corrected chi connectivity index (χ2v) is 3.21. The lowest BCUT2D eigenvalue weighted by Gasteiger charge is -2.08. The van der Waals surface area contributed by atoms with E-state index < -0.39 is 0 Å². The molecule has 0 saturated carbocycles. The van der Waals surface area contributed by atoms with E-state index in [0.717, 1.165) is 19.4 Å². The first-order valence-corrected chi connectivity index (χ1v) is 5.82. The third-order valence-corrected chi connectivity index (χ3v) is 2.09. The number of hydrogen-bond acceptors (Lipinski definition) is 2. The predicted octanol–water partition coefficient (Wildman–Crippen LogP) is 2.27. The van der Waals surface area contributed by atoms with E-state index in [-0.39, 0.29) is 12.0 Å². The van der Waals surface area contributed by atoms with Crippen LogP contribution in [-0.2, 0) is 9.53 Å². The molecule has 1 unspecified atom stereocenters. The fourth-order valence-electron chi connectivity index (χ4n) is 1.37. The Morgan fingerprint density at radius 3 is 2.80 bits per heavy atom. The summed E-state index contributed by atoms with van der Waals surface area (Å²) in [5, 5.41) is 2.80. The molecular formula is C12H23NO2. The minimum atomic E-state index is 0.0880. The van der Waals surface area contributed by atoms with Crippen molar-refractivity contribution in [2.45, 2.75) is 46.1 Å². The number of amides is 1. The minimum Gasteiger partial charge on any atom is -0.378 e. The van der Waals surface area contributed by atoms with Crippen molar-refractivity contribution in [2.24, 2.45) is 0 Å². The highest BCUT2D eigenvalue weighted by atomic mass is 16.5. The summed E-state index contributed by atoms with van der Waals surface area (Å²) in [6.45, 7) is 7.38. The van der Waals surface area contributed by atoms with Gasteiger partial charge in [-0.2, -0.15) is 0 Å². The highest BCUT2D eigenvalue weighted by molar-refractivity contribution is 5.76. The molecule has 1 rings (SSSR count). The Bertz CT molecular complexity index is 184. The maximum absolute atomic E-state index is 11.2. The molecule has 1 aliphatic rings. The Labute approximate surface area is 92.9 Å². The molecule has 1 saturated heterocycles. The lowest BCUT2D eigenvalue weighted by molar-refractivity contribution is -0.123. The Morgan fingerprint density at radius 2 is 2.27 bits per heavy atom. The van der Waals surface area contributed by atoms with E-state index in [1.165, 1.54) is 0 Å². The predicted molar refractivity (Wildman–Crippen MR) is 62.8 cm³/mol. The Kier molecular flexibility index (Phi) is 9.18. The molecule has 1 heterocycles. The molecule has 3 heteroatoms. The lowest BCUT2D eigenvalue weighted by atomic mass is 10.2. The number of carbonyl (C=O) groups excluding carboxylic acids is 1. The zero-order valence-electron chi connectivity index (χ0n) is 10.1. The van der Waals surface area contributed by atoms with Gasteiger partial charge in [0.25, 0.3) is 0 Å². The monoisotopic (exact) mass is 213 g/mol. The molecule has 0 radical (unpaired) electrons. The van der Waals surface area contributed by atoms with Crippen molar-refractivity contribution in [1.29, 1.82) is 0 Å². The molecule has 0 aromatic heterocycles. The van der Waals surface area contributed by atoms with Gasteiger partial charge in [0, 0.05) is 13.2 Å². The number of rotatable bonds is 4. The third kappa shape index (κ3) is 7.14. The molecule has 0 aliphatic carbocycles. The average Bonchev–Trinajstić information content (AvgIpc) is 2.74. The molecule has 0 aromatic rings. The van der Waals surface area contributed by atoms with Crippen LogP contribution in [0.15, 0.2) is 12.2 Å². The van der Waals surface area contributed by atoms with Gasteiger partial charge in [-0.05, 0) is 19.8 Å². The van der Waals surface area contributed by atoms with Crippen LogP contribution in [0, 0.1) is 0 Å². The van der Waals surface area contributed by atoms with Gasteiger partial charge in [-0.1, -0.05) is 26.0 Å². The second kappa shape index (κ2) is 9.71. The van der Waals surface area contributed by atoms with E-state index >= 15 is 0 Å². The van der Waals surface area contributed by atoms with E-state index in [2.05, 4.69) is 5.32 Å². The molecule has 88 valence electrons. The highest BCUT2D eigenvalue weighted by Crippen LogP contribution is 2.14. The SMILES string of the molecule is C/C=C/CNC(=O)CC1CCCO1.CC. The van der Waals surface area contributed by atoms with E-state index in [1.807, 2.05) is 32.9 Å². The molecule has 1 aliphatic heterocycles. The third-order valence-electron chi connectivity index (χ3n) is 2.09. The number of ether oxygens (including phenoxy) is 1. The summed E-state index contributed by atoms with van der Waals surface area (Å²) in [5.41, 5.74) is 0. The maximum atomic E-state index is 11.2. The van der Waals surface area contributed by atoms with Gasteiger partial charge >= 0.3 is 0 Å². The van der Waals surface area contributed by atoms with Crippen LogP contribution in [-0.4, -0.2) is 25.2 Å². The van der Waals surface area contributed by atoms with Gasteiger partial charge in [0.1, 0.15) is 0 Å². The summed E-state index contributed by atoms with van der Waals surface area (Å²) in [4.78, 5) is 11.2. The van der Waals surface area contributed by atoms with Gasteiger partial charge in [0.2, 0.25) is 5.91 Å². The zero-order chi connectivity index (χ0) is 11.5. The van der Waals surface area contributed by atoms with E-state index in [1.54, 1.807) is 0 Å². The Morgan fingerprint density at radius 1 is 1.53 bits per heavy atom. The normalized spacial score (nSPS) is 19.8. The van der Waals surface area contributed by atoms with Gasteiger partial charge < -0.3 is 10.1 Å². The molecule has 1 N–H and O–H groups in total. The number of hydrogen-bond donors (Lipinski definition) is 1. The highest BCUT2D eigenvalue weighted by Gasteiger charge is 2.18. The summed E-state index contributed by atoms with van der Waals surface area (Å²) in [6, 6.07) is 0. The quantitative estimate of drug-likeness (QED) is 0.728. The molecule has 1 amide bonds. The summed E-state index contributed by atoms with van der Waals surface area (Å²) in [7, 11) is 0. The number of nitrogens with one attached hydrogen (secondary N) is 1. The zero-order valence-corrected chi connectivity index (χ0v) is 10.1. The van der Waals surface area contributed by atoms with Crippen molar-refractivity contribution in [3.8, 4) is 0 Å². The largest absolute Gasteiger partial charge is 0.378 e. The van der Waals surface area contributed by atoms with Gasteiger partial charge in [0.15, 0.2) is 0 Å². The number of carbonyl (C=O) groups is 1. The molecule has 0 bridgehead atoms. The summed E-state index contributed by atoms with van der Waals surface area (Å²) in [6.07, 6.45) is 6.63. The molecule has 0 spiro atoms. The number of allylic oxidation sites excluding steroid dienone is 1. The average molecular weight is 213 g/mol. The lowest BCUT2D eigenvalue weighted by Crippen LogP contribution is -2.27. The fourth-order valence-corrected chi connectivity index (χ4v) is 1.37. The summed E-state index contributed by atoms with van der Waals surface area (Å²) >= 11 is 0. The van der Waals surface area contributed by atoms with Crippen LogP contribution in [0.2, 0.25) is 0 Å². The second-order valence-electron chi connectivity index (χ2n) is 3.21. The molecule has 1 atom stereocenters. The first-order chi connectivity index (χ1) is 7.33. The molecule has 1 fully saturated rings. The summed E-state index contributed by atoms with van der Waals surface area (Å²) in [5.74, 6) is 0.0880. The molecule has 3 nitrogen and oxygen atoms in total. The van der Waals surface area contributed by atoms with Crippen molar-refractivity contribution in [2.75, 3.05) is 13.2 Å². The van der Waals surface area contributed by atoms with Crippen molar-refractivity contribution in [3.05, 3.63) is 12.2 Å². The molecular weight excluding hydrogens is 190 g/mol. The van der Waals surface area contributed by atoms with E-state index in [4.69, 9.17) is 4.74 Å². The fraction of sp³-hybridized carbons (Fsp3) is 0.750. The van der Waals surface area contributed by atoms with Crippen molar-refractivity contribution >= 4 is 5.91 Å². The first kappa shape index (κ1) is 14.2. The Balaban J connectivity index is 0.000000921. The van der Waals surface area contributed by atoms with E-state index in [9.17, 15) is 4.79 Å². The molecule has 0 aromatic carbocycles. The van der Waals surface area contributed by atoms with Crippen LogP contribution in [0.5, 0.6) is 0 Å². The standard InChI is InChI=1S/C10H17NO2.C2H6/c1-2-3-6-11-10(12)8-9-5-4-7-13-9;1-2/h2-3,9H,4-8H2,1H3,(H,11,12);1-2H3/b3-2+;. The van der Waals surface area contributed by atoms with Crippen LogP contribution in [0.1, 0.15) is 40.0 Å². The van der Waals surface area contributed by atoms with Gasteiger partial charge in [0.05, 0.1) is 12.5 Å². The minimum absolute atomic E-state index is 0.0880. The van der Waals surface area contributed by atoms with Crippen molar-refractivity contribution < 1.29 is 9.53 Å². The summed E-state index contributed by atoms with van der Waals surface area (Å²) < 4.78 is 5.35.